The Bertz CT molecular complexity index is 975. The highest BCUT2D eigenvalue weighted by atomic mass is 16.4. The molecule has 12 nitrogen and oxygen atoms in total. The molecule has 8 N–H and O–H groups in total. The predicted octanol–water partition coefficient (Wildman–Crippen LogP) is -1.30. The molecule has 0 saturated heterocycles. The summed E-state index contributed by atoms with van der Waals surface area (Å²) >= 11 is 0. The molecule has 2 amide bonds. The number of amides is 2. The first kappa shape index (κ1) is 25.6. The normalized spacial score (nSPS) is 14.7. The van der Waals surface area contributed by atoms with Gasteiger partial charge in [-0.15, -0.1) is 0 Å². The van der Waals surface area contributed by atoms with Crippen LogP contribution < -0.4 is 11.5 Å². The molecule has 2 aromatic rings. The number of aliphatic hydroxyl groups excluding tert-OH is 1. The summed E-state index contributed by atoms with van der Waals surface area (Å²) in [6.45, 7) is 1.27. The van der Waals surface area contributed by atoms with Crippen LogP contribution in [0.4, 0.5) is 0 Å². The second-order valence-corrected chi connectivity index (χ2v) is 7.67. The van der Waals surface area contributed by atoms with Crippen molar-refractivity contribution in [3.63, 3.8) is 0 Å². The third-order valence-corrected chi connectivity index (χ3v) is 4.79. The number of carboxylic acids is 1. The number of ketones is 1. The number of aromatic hydroxyl groups is 1. The van der Waals surface area contributed by atoms with E-state index in [1.165, 1.54) is 43.7 Å². The Morgan fingerprint density at radius 3 is 2.12 bits per heavy atom. The number of carboxylic acid groups (broad SMARTS) is 1. The van der Waals surface area contributed by atoms with Gasteiger partial charge in [0.2, 0.25) is 11.8 Å². The van der Waals surface area contributed by atoms with E-state index in [1.807, 2.05) is 0 Å². The lowest BCUT2D eigenvalue weighted by Gasteiger charge is -2.30. The lowest BCUT2D eigenvalue weighted by atomic mass is 10.00. The number of phenolic OH excluding ortho intramolecular Hbond substituents is 1. The highest BCUT2D eigenvalue weighted by molar-refractivity contribution is 6.12. The molecular weight excluding hydrogens is 434 g/mol. The minimum Gasteiger partial charge on any atom is -0.508 e. The number of carbonyl (C=O) groups excluding carboxylic acids is 3. The maximum Gasteiger partial charge on any atom is 0.334 e. The Hall–Kier alpha value is -3.61. The van der Waals surface area contributed by atoms with Crippen molar-refractivity contribution in [2.45, 2.75) is 50.4 Å². The molecule has 0 saturated carbocycles. The number of H-pyrrole nitrogens is 1. The third-order valence-electron chi connectivity index (χ3n) is 4.79. The summed E-state index contributed by atoms with van der Waals surface area (Å²) in [5, 5.41) is 28.6. The molecule has 0 bridgehead atoms. The number of carbonyl (C=O) groups is 4. The maximum absolute atomic E-state index is 13.2. The fraction of sp³-hybridized carbons (Fsp3) is 0.381. The van der Waals surface area contributed by atoms with Crippen LogP contribution in [0.1, 0.15) is 24.6 Å². The van der Waals surface area contributed by atoms with Gasteiger partial charge in [-0.25, -0.2) is 9.78 Å². The number of nitrogens with one attached hydrogen (secondary N) is 1. The minimum atomic E-state index is -2.21. The number of phenols is 1. The smallest absolute Gasteiger partial charge is 0.334 e. The van der Waals surface area contributed by atoms with Gasteiger partial charge in [0.05, 0.1) is 24.5 Å². The van der Waals surface area contributed by atoms with Gasteiger partial charge in [0.15, 0.2) is 11.8 Å². The van der Waals surface area contributed by atoms with E-state index in [1.54, 1.807) is 0 Å². The van der Waals surface area contributed by atoms with E-state index in [2.05, 4.69) is 9.97 Å². The highest BCUT2D eigenvalue weighted by Gasteiger charge is 2.43. The predicted molar refractivity (Wildman–Crippen MR) is 115 cm³/mol. The van der Waals surface area contributed by atoms with Crippen molar-refractivity contribution in [3.05, 3.63) is 48.0 Å². The summed E-state index contributed by atoms with van der Waals surface area (Å²) in [6, 6.07) is 0.788. The first-order valence-corrected chi connectivity index (χ1v) is 10.1. The number of benzene rings is 1. The quantitative estimate of drug-likeness (QED) is 0.218. The number of imidazole rings is 1. The summed E-state index contributed by atoms with van der Waals surface area (Å²) in [4.78, 5) is 57.7. The SMILES string of the molecule is CC(O)CC(=O)C(C(=O)O)N(C(=O)C(N)Cc1ccc(O)cc1)C(=O)C(N)Cc1cnc[nH]1. The molecule has 12 heteroatoms. The van der Waals surface area contributed by atoms with E-state index >= 15 is 0 Å². The van der Waals surface area contributed by atoms with Crippen LogP contribution in [0, 0.1) is 0 Å². The molecule has 0 aliphatic carbocycles. The van der Waals surface area contributed by atoms with Gasteiger partial charge in [-0.2, -0.15) is 0 Å². The van der Waals surface area contributed by atoms with Gasteiger partial charge in [-0.3, -0.25) is 19.3 Å². The second kappa shape index (κ2) is 11.3. The van der Waals surface area contributed by atoms with Crippen molar-refractivity contribution in [1.82, 2.24) is 14.9 Å². The van der Waals surface area contributed by atoms with E-state index in [9.17, 15) is 34.5 Å². The van der Waals surface area contributed by atoms with Crippen molar-refractivity contribution in [3.8, 4) is 5.75 Å². The van der Waals surface area contributed by atoms with E-state index in [0.717, 1.165) is 0 Å². The summed E-state index contributed by atoms with van der Waals surface area (Å²) in [5.74, 6) is -5.03. The average Bonchev–Trinajstić information content (AvgIpc) is 3.24. The monoisotopic (exact) mass is 461 g/mol. The molecule has 0 spiro atoms. The van der Waals surface area contributed by atoms with Crippen LogP contribution in [0.2, 0.25) is 0 Å². The van der Waals surface area contributed by atoms with Gasteiger partial charge < -0.3 is 31.8 Å². The third kappa shape index (κ3) is 6.94. The van der Waals surface area contributed by atoms with Gasteiger partial charge in [0.25, 0.3) is 0 Å². The standard InChI is InChI=1S/C21H27N5O7/c1-11(27)6-17(29)18(21(32)33)26(20(31)16(23)8-13-9-24-10-25-13)19(30)15(22)7-12-2-4-14(28)5-3-12/h2-5,9-11,15-16,18,27-28H,6-8,22-23H2,1H3,(H,24,25)(H,32,33). The summed E-state index contributed by atoms with van der Waals surface area (Å²) in [5.41, 5.74) is 12.9. The van der Waals surface area contributed by atoms with E-state index in [-0.39, 0.29) is 23.5 Å². The minimum absolute atomic E-state index is 0.00473. The van der Waals surface area contributed by atoms with Gasteiger partial charge >= 0.3 is 5.97 Å². The fourth-order valence-corrected chi connectivity index (χ4v) is 3.21. The summed E-state index contributed by atoms with van der Waals surface area (Å²) in [6.07, 6.45) is 0.758. The van der Waals surface area contributed by atoms with Crippen molar-refractivity contribution < 1.29 is 34.5 Å². The van der Waals surface area contributed by atoms with Crippen molar-refractivity contribution in [1.29, 1.82) is 0 Å². The number of aliphatic hydroxyl groups is 1. The number of nitrogens with zero attached hydrogens (tertiary/aromatic N) is 2. The zero-order valence-corrected chi connectivity index (χ0v) is 17.9. The molecule has 33 heavy (non-hydrogen) atoms. The Morgan fingerprint density at radius 1 is 1.06 bits per heavy atom. The van der Waals surface area contributed by atoms with Crippen LogP contribution in [0.25, 0.3) is 0 Å². The Balaban J connectivity index is 2.37. The first-order chi connectivity index (χ1) is 15.5. The Kier molecular flexibility index (Phi) is 8.79. The second-order valence-electron chi connectivity index (χ2n) is 7.67. The summed E-state index contributed by atoms with van der Waals surface area (Å²) in [7, 11) is 0. The van der Waals surface area contributed by atoms with Crippen LogP contribution in [0.3, 0.4) is 0 Å². The molecule has 0 fully saturated rings. The van der Waals surface area contributed by atoms with Crippen LogP contribution in [-0.4, -0.2) is 78.0 Å². The largest absolute Gasteiger partial charge is 0.508 e. The van der Waals surface area contributed by atoms with Crippen LogP contribution in [-0.2, 0) is 32.0 Å². The zero-order valence-electron chi connectivity index (χ0n) is 17.9. The topological polar surface area (TPSA) is 213 Å². The Labute approximate surface area is 189 Å². The number of aromatic amines is 1. The number of hydrogen-bond donors (Lipinski definition) is 6. The zero-order chi connectivity index (χ0) is 24.7. The number of rotatable bonds is 11. The molecule has 0 aliphatic rings. The molecule has 2 rings (SSSR count). The highest BCUT2D eigenvalue weighted by Crippen LogP contribution is 2.15. The number of nitrogens with two attached hydrogens (primary N) is 2. The van der Waals surface area contributed by atoms with Gasteiger partial charge in [-0.1, -0.05) is 12.1 Å². The molecule has 178 valence electrons. The maximum atomic E-state index is 13.2. The number of hydrogen-bond acceptors (Lipinski definition) is 9. The van der Waals surface area contributed by atoms with E-state index in [0.29, 0.717) is 11.3 Å². The summed E-state index contributed by atoms with van der Waals surface area (Å²) < 4.78 is 0. The van der Waals surface area contributed by atoms with Crippen molar-refractivity contribution in [2.24, 2.45) is 11.5 Å². The number of Topliss-reactive ketones (excluding diaryl/α,β-unsaturated/α-hetero) is 1. The molecule has 1 aromatic carbocycles. The van der Waals surface area contributed by atoms with Crippen LogP contribution in [0.15, 0.2) is 36.8 Å². The molecule has 1 heterocycles. The Morgan fingerprint density at radius 2 is 1.64 bits per heavy atom. The number of aromatic nitrogens is 2. The number of aliphatic carboxylic acids is 1. The van der Waals surface area contributed by atoms with Gasteiger partial charge in [-0.05, 0) is 31.0 Å². The molecular formula is C21H27N5O7. The molecule has 1 aromatic heterocycles. The first-order valence-electron chi connectivity index (χ1n) is 10.1. The van der Waals surface area contributed by atoms with Crippen LogP contribution in [0.5, 0.6) is 5.75 Å². The number of imide groups is 1. The van der Waals surface area contributed by atoms with E-state index in [4.69, 9.17) is 11.5 Å². The average molecular weight is 461 g/mol. The molecule has 0 radical (unpaired) electrons. The van der Waals surface area contributed by atoms with Crippen LogP contribution >= 0.6 is 0 Å². The van der Waals surface area contributed by atoms with Gasteiger partial charge in [0.1, 0.15) is 5.75 Å². The lowest BCUT2D eigenvalue weighted by Crippen LogP contribution is -2.61. The molecule has 4 unspecified atom stereocenters. The van der Waals surface area contributed by atoms with Crippen molar-refractivity contribution >= 4 is 23.6 Å². The van der Waals surface area contributed by atoms with E-state index < -0.39 is 54.2 Å². The van der Waals surface area contributed by atoms with Gasteiger partial charge in [0, 0.05) is 24.7 Å². The fourth-order valence-electron chi connectivity index (χ4n) is 3.21. The molecule has 0 aliphatic heterocycles. The lowest BCUT2D eigenvalue weighted by molar-refractivity contribution is -0.163. The molecule has 4 atom stereocenters. The van der Waals surface area contributed by atoms with Crippen molar-refractivity contribution in [2.75, 3.05) is 0 Å².